The van der Waals surface area contributed by atoms with Crippen molar-refractivity contribution in [1.82, 2.24) is 15.5 Å². The fourth-order valence-corrected chi connectivity index (χ4v) is 3.06. The average Bonchev–Trinajstić information content (AvgIpc) is 2.73. The summed E-state index contributed by atoms with van der Waals surface area (Å²) >= 11 is 0. The molecule has 2 aromatic carbocycles. The monoisotopic (exact) mass is 528 g/mol. The van der Waals surface area contributed by atoms with Crippen molar-refractivity contribution >= 4 is 29.9 Å². The van der Waals surface area contributed by atoms with Crippen molar-refractivity contribution in [3.05, 3.63) is 71.0 Å². The molecule has 0 bridgehead atoms. The summed E-state index contributed by atoms with van der Waals surface area (Å²) in [6, 6.07) is 16.0. The molecule has 7 heteroatoms. The first-order chi connectivity index (χ1) is 14.0. The molecule has 0 spiro atoms. The van der Waals surface area contributed by atoms with Crippen LogP contribution in [0.5, 0.6) is 0 Å². The lowest BCUT2D eigenvalue weighted by Gasteiger charge is -2.25. The van der Waals surface area contributed by atoms with Crippen molar-refractivity contribution in [1.29, 1.82) is 0 Å². The van der Waals surface area contributed by atoms with Crippen LogP contribution >= 0.6 is 24.0 Å². The second-order valence-corrected chi connectivity index (χ2v) is 7.25. The van der Waals surface area contributed by atoms with Crippen molar-refractivity contribution in [2.75, 3.05) is 27.7 Å². The molecule has 2 N–H and O–H groups in total. The molecule has 0 radical (unpaired) electrons. The number of hydrogen-bond donors (Lipinski definition) is 2. The Labute approximate surface area is 197 Å². The number of ether oxygens (including phenoxy) is 1. The molecule has 0 saturated heterocycles. The van der Waals surface area contributed by atoms with Gasteiger partial charge in [-0.1, -0.05) is 36.4 Å². The molecule has 0 aliphatic rings. The number of hydrogen-bond acceptors (Lipinski definition) is 3. The molecule has 5 nitrogen and oxygen atoms in total. The summed E-state index contributed by atoms with van der Waals surface area (Å²) in [5.41, 5.74) is 2.86. The maximum atomic E-state index is 13.7. The van der Waals surface area contributed by atoms with Crippen LogP contribution in [0.2, 0.25) is 0 Å². The van der Waals surface area contributed by atoms with E-state index in [0.29, 0.717) is 18.2 Å². The van der Waals surface area contributed by atoms with Gasteiger partial charge in [-0.3, -0.25) is 9.89 Å². The van der Waals surface area contributed by atoms with Gasteiger partial charge in [0.15, 0.2) is 5.96 Å². The highest BCUT2D eigenvalue weighted by molar-refractivity contribution is 14.0. The number of aliphatic imine (C=N–C) groups is 1. The van der Waals surface area contributed by atoms with Gasteiger partial charge in [-0.15, -0.1) is 24.0 Å². The lowest BCUT2D eigenvalue weighted by molar-refractivity contribution is 0.181. The molecule has 2 aromatic rings. The third-order valence-corrected chi connectivity index (χ3v) is 4.98. The number of halogens is 2. The minimum Gasteiger partial charge on any atom is -0.380 e. The summed E-state index contributed by atoms with van der Waals surface area (Å²) in [5.74, 6) is 0.493. The Hall–Kier alpha value is -1.71. The highest BCUT2D eigenvalue weighted by Gasteiger charge is 2.10. The Morgan fingerprint density at radius 1 is 1.13 bits per heavy atom. The first kappa shape index (κ1) is 26.3. The first-order valence-electron chi connectivity index (χ1n) is 9.98. The van der Waals surface area contributed by atoms with Gasteiger partial charge in [0.05, 0.1) is 6.61 Å². The summed E-state index contributed by atoms with van der Waals surface area (Å²) in [6.07, 6.45) is 0.999. The molecule has 0 amide bonds. The molecule has 0 saturated carbocycles. The molecule has 1 atom stereocenters. The summed E-state index contributed by atoms with van der Waals surface area (Å²) in [5, 5.41) is 6.63. The van der Waals surface area contributed by atoms with E-state index in [1.807, 2.05) is 12.1 Å². The van der Waals surface area contributed by atoms with E-state index in [2.05, 4.69) is 58.8 Å². The van der Waals surface area contributed by atoms with E-state index in [1.165, 1.54) is 11.6 Å². The van der Waals surface area contributed by atoms with Gasteiger partial charge < -0.3 is 15.4 Å². The molecule has 30 heavy (non-hydrogen) atoms. The Balaban J connectivity index is 0.00000450. The van der Waals surface area contributed by atoms with Gasteiger partial charge in [-0.25, -0.2) is 4.39 Å². The van der Waals surface area contributed by atoms with Gasteiger partial charge in [-0.2, -0.15) is 0 Å². The average molecular weight is 528 g/mol. The topological polar surface area (TPSA) is 48.9 Å². The van der Waals surface area contributed by atoms with Crippen LogP contribution in [0.4, 0.5) is 4.39 Å². The molecule has 0 fully saturated rings. The van der Waals surface area contributed by atoms with Gasteiger partial charge in [0.1, 0.15) is 5.82 Å². The van der Waals surface area contributed by atoms with E-state index in [-0.39, 0.29) is 36.4 Å². The zero-order chi connectivity index (χ0) is 21.1. The second-order valence-electron chi connectivity index (χ2n) is 7.25. The Morgan fingerprint density at radius 3 is 2.53 bits per heavy atom. The van der Waals surface area contributed by atoms with E-state index < -0.39 is 0 Å². The number of methoxy groups -OCH3 is 1. The number of rotatable bonds is 10. The fraction of sp³-hybridized carbons (Fsp3) is 0.435. The number of guanidine groups is 1. The van der Waals surface area contributed by atoms with Crippen LogP contribution in [0.3, 0.4) is 0 Å². The molecule has 0 aromatic heterocycles. The SMILES string of the molecule is CN=C(NCCC(C)N(C)Cc1ccccc1)NCc1ccc(F)c(COC)c1.I. The highest BCUT2D eigenvalue weighted by atomic mass is 127. The van der Waals surface area contributed by atoms with Gasteiger partial charge in [0, 0.05) is 45.4 Å². The van der Waals surface area contributed by atoms with Crippen molar-refractivity contribution in [3.8, 4) is 0 Å². The van der Waals surface area contributed by atoms with Crippen molar-refractivity contribution in [2.45, 2.75) is 39.1 Å². The van der Waals surface area contributed by atoms with Crippen LogP contribution in [0.1, 0.15) is 30.0 Å². The van der Waals surface area contributed by atoms with E-state index in [1.54, 1.807) is 20.2 Å². The van der Waals surface area contributed by atoms with Gasteiger partial charge in [0.25, 0.3) is 0 Å². The lowest BCUT2D eigenvalue weighted by atomic mass is 10.1. The van der Waals surface area contributed by atoms with Crippen molar-refractivity contribution in [3.63, 3.8) is 0 Å². The lowest BCUT2D eigenvalue weighted by Crippen LogP contribution is -2.39. The third kappa shape index (κ3) is 8.97. The van der Waals surface area contributed by atoms with Crippen LogP contribution in [-0.4, -0.2) is 44.7 Å². The number of benzene rings is 2. The van der Waals surface area contributed by atoms with E-state index >= 15 is 0 Å². The largest absolute Gasteiger partial charge is 0.380 e. The van der Waals surface area contributed by atoms with Gasteiger partial charge in [-0.05, 0) is 43.7 Å². The molecule has 166 valence electrons. The van der Waals surface area contributed by atoms with Crippen LogP contribution < -0.4 is 10.6 Å². The Bertz CT molecular complexity index is 773. The van der Waals surface area contributed by atoms with Gasteiger partial charge >= 0.3 is 0 Å². The Morgan fingerprint density at radius 2 is 1.87 bits per heavy atom. The highest BCUT2D eigenvalue weighted by Crippen LogP contribution is 2.12. The molecule has 0 aliphatic heterocycles. The third-order valence-electron chi connectivity index (χ3n) is 4.98. The number of nitrogens with one attached hydrogen (secondary N) is 2. The van der Waals surface area contributed by atoms with Crippen LogP contribution in [0.25, 0.3) is 0 Å². The van der Waals surface area contributed by atoms with Crippen molar-refractivity contribution in [2.24, 2.45) is 4.99 Å². The molecular weight excluding hydrogens is 494 g/mol. The molecule has 0 heterocycles. The van der Waals surface area contributed by atoms with Crippen LogP contribution in [-0.2, 0) is 24.4 Å². The van der Waals surface area contributed by atoms with Crippen molar-refractivity contribution < 1.29 is 9.13 Å². The van der Waals surface area contributed by atoms with Crippen LogP contribution in [0.15, 0.2) is 53.5 Å². The van der Waals surface area contributed by atoms with E-state index in [4.69, 9.17) is 4.74 Å². The summed E-state index contributed by atoms with van der Waals surface area (Å²) in [7, 11) is 5.46. The summed E-state index contributed by atoms with van der Waals surface area (Å²) < 4.78 is 18.8. The Kier molecular flexibility index (Phi) is 12.6. The molecular formula is C23H34FIN4O. The molecule has 2 rings (SSSR count). The zero-order valence-corrected chi connectivity index (χ0v) is 20.7. The van der Waals surface area contributed by atoms with E-state index in [0.717, 1.165) is 31.0 Å². The first-order valence-corrected chi connectivity index (χ1v) is 9.98. The van der Waals surface area contributed by atoms with Gasteiger partial charge in [0.2, 0.25) is 0 Å². The molecule has 0 aliphatic carbocycles. The van der Waals surface area contributed by atoms with Crippen LogP contribution in [0, 0.1) is 5.82 Å². The quantitative estimate of drug-likeness (QED) is 0.276. The van der Waals surface area contributed by atoms with E-state index in [9.17, 15) is 4.39 Å². The maximum absolute atomic E-state index is 13.7. The fourth-order valence-electron chi connectivity index (χ4n) is 3.06. The second kappa shape index (κ2) is 14.3. The standard InChI is InChI=1S/C23H33FN4O.HI/c1-18(28(3)16-19-8-6-5-7-9-19)12-13-26-23(25-2)27-15-20-10-11-22(24)21(14-20)17-29-4;/h5-11,14,18H,12-13,15-17H2,1-4H3,(H2,25,26,27);1H. The molecule has 1 unspecified atom stereocenters. The minimum absolute atomic E-state index is 0. The predicted octanol–water partition coefficient (Wildman–Crippen LogP) is 4.17. The smallest absolute Gasteiger partial charge is 0.191 e. The summed E-state index contributed by atoms with van der Waals surface area (Å²) in [4.78, 5) is 6.62. The number of nitrogens with zero attached hydrogens (tertiary/aromatic N) is 2. The zero-order valence-electron chi connectivity index (χ0n) is 18.3. The summed E-state index contributed by atoms with van der Waals surface area (Å²) in [6.45, 7) is 4.82. The minimum atomic E-state index is -0.244. The normalized spacial score (nSPS) is 12.4. The predicted molar refractivity (Wildman–Crippen MR) is 133 cm³/mol. The maximum Gasteiger partial charge on any atom is 0.191 e.